The van der Waals surface area contributed by atoms with Crippen molar-refractivity contribution in [3.63, 3.8) is 0 Å². The van der Waals surface area contributed by atoms with Crippen LogP contribution >= 0.6 is 12.2 Å². The zero-order valence-corrected chi connectivity index (χ0v) is 23.1. The monoisotopic (exact) mass is 570 g/mol. The number of hydrogen-bond acceptors (Lipinski definition) is 8. The van der Waals surface area contributed by atoms with Crippen LogP contribution in [-0.2, 0) is 23.2 Å². The molecule has 0 bridgehead atoms. The van der Waals surface area contributed by atoms with Gasteiger partial charge in [0.05, 0.1) is 19.2 Å². The van der Waals surface area contributed by atoms with Gasteiger partial charge in [-0.05, 0) is 64.8 Å². The van der Waals surface area contributed by atoms with Crippen LogP contribution in [0, 0.1) is 0 Å². The Morgan fingerprint density at radius 3 is 2.41 bits per heavy atom. The highest BCUT2D eigenvalue weighted by Gasteiger charge is 2.46. The molecule has 1 N–H and O–H groups in total. The Morgan fingerprint density at radius 2 is 1.76 bits per heavy atom. The Morgan fingerprint density at radius 1 is 1.10 bits per heavy atom. The van der Waals surface area contributed by atoms with Crippen LogP contribution in [0.4, 0.5) is 17.3 Å². The van der Waals surface area contributed by atoms with Crippen LogP contribution in [0.25, 0.3) is 0 Å². The topological polar surface area (TPSA) is 127 Å². The van der Waals surface area contributed by atoms with Crippen molar-refractivity contribution in [1.29, 1.82) is 0 Å². The molecule has 0 radical (unpaired) electrons. The van der Waals surface area contributed by atoms with E-state index in [0.29, 0.717) is 28.4 Å². The van der Waals surface area contributed by atoms with Gasteiger partial charge in [-0.3, -0.25) is 19.0 Å². The van der Waals surface area contributed by atoms with Gasteiger partial charge in [0.2, 0.25) is 11.2 Å². The van der Waals surface area contributed by atoms with Crippen LogP contribution in [0.1, 0.15) is 17.7 Å². The van der Waals surface area contributed by atoms with Gasteiger partial charge >= 0.3 is 5.88 Å². The number of thiocarbonyl (C=S) groups is 1. The van der Waals surface area contributed by atoms with Crippen LogP contribution in [0.2, 0.25) is 0 Å². The molecular weight excluding hydrogens is 544 g/mol. The lowest BCUT2D eigenvalue weighted by molar-refractivity contribution is -0.746. The second kappa shape index (κ2) is 12.0. The van der Waals surface area contributed by atoms with Gasteiger partial charge in [-0.15, -0.1) is 0 Å². The number of aryl methyl sites for hydroxylation is 1. The molecule has 1 aliphatic heterocycles. The van der Waals surface area contributed by atoms with Crippen LogP contribution in [0.15, 0.2) is 94.4 Å². The third kappa shape index (κ3) is 5.92. The number of nitrogens with zero attached hydrogens (tertiary/aromatic N) is 5. The van der Waals surface area contributed by atoms with E-state index >= 15 is 0 Å². The van der Waals surface area contributed by atoms with E-state index in [9.17, 15) is 14.7 Å². The molecule has 1 aromatic heterocycles. The van der Waals surface area contributed by atoms with Gasteiger partial charge in [0, 0.05) is 5.69 Å². The van der Waals surface area contributed by atoms with Crippen molar-refractivity contribution in [3.05, 3.63) is 96.2 Å². The van der Waals surface area contributed by atoms with Crippen molar-refractivity contribution in [2.45, 2.75) is 19.0 Å². The Balaban J connectivity index is 1.44. The maximum absolute atomic E-state index is 13.7. The highest BCUT2D eigenvalue weighted by Crippen LogP contribution is 2.30. The van der Waals surface area contributed by atoms with Crippen molar-refractivity contribution in [1.82, 2.24) is 10.2 Å². The maximum Gasteiger partial charge on any atom is 0.325 e. The number of carbonyl (C=O) groups is 2. The lowest BCUT2D eigenvalue weighted by atomic mass is 10.1. The van der Waals surface area contributed by atoms with Crippen LogP contribution in [0.3, 0.4) is 0 Å². The van der Waals surface area contributed by atoms with Crippen molar-refractivity contribution in [2.24, 2.45) is 12.0 Å². The van der Waals surface area contributed by atoms with Crippen molar-refractivity contribution in [2.75, 3.05) is 17.3 Å². The van der Waals surface area contributed by atoms with Gasteiger partial charge in [-0.2, -0.15) is 0 Å². The Kier molecular flexibility index (Phi) is 8.01. The number of hydrogen-bond donors (Lipinski definition) is 1. The average molecular weight is 571 g/mol. The first-order valence-electron chi connectivity index (χ1n) is 12.6. The lowest BCUT2D eigenvalue weighted by Gasteiger charge is -2.22. The molecule has 3 aromatic carbocycles. The first kappa shape index (κ1) is 27.5. The molecule has 1 unspecified atom stereocenters. The molecule has 0 spiro atoms. The average Bonchev–Trinajstić information content (AvgIpc) is 3.45. The highest BCUT2D eigenvalue weighted by atomic mass is 32.1. The number of ether oxygens (including phenoxy) is 1. The first-order valence-corrected chi connectivity index (χ1v) is 13.1. The number of aromatic nitrogens is 2. The summed E-state index contributed by atoms with van der Waals surface area (Å²) < 4.78 is 11.9. The summed E-state index contributed by atoms with van der Waals surface area (Å²) in [4.78, 5) is 34.0. The molecule has 2 amide bonds. The Hall–Kier alpha value is -5.10. The molecule has 0 saturated carbocycles. The van der Waals surface area contributed by atoms with E-state index in [2.05, 4.69) is 15.6 Å². The molecule has 1 aliphatic rings. The third-order valence-corrected chi connectivity index (χ3v) is 6.93. The minimum Gasteiger partial charge on any atom is -0.858 e. The fraction of sp³-hybridized carbons (Fsp3) is 0.172. The molecule has 2 heterocycles. The number of aliphatic imine (C=N–C) groups is 1. The molecule has 1 saturated heterocycles. The summed E-state index contributed by atoms with van der Waals surface area (Å²) in [6.45, 7) is 0.00922. The predicted molar refractivity (Wildman–Crippen MR) is 152 cm³/mol. The van der Waals surface area contributed by atoms with Crippen LogP contribution in [0.5, 0.6) is 5.75 Å². The summed E-state index contributed by atoms with van der Waals surface area (Å²) in [6.07, 6.45) is -0.182. The van der Waals surface area contributed by atoms with E-state index in [1.807, 2.05) is 6.07 Å². The quantitative estimate of drug-likeness (QED) is 0.141. The summed E-state index contributed by atoms with van der Waals surface area (Å²) >= 11 is 5.76. The molecule has 208 valence electrons. The van der Waals surface area contributed by atoms with E-state index in [1.54, 1.807) is 97.9 Å². The van der Waals surface area contributed by atoms with Crippen LogP contribution in [-0.4, -0.2) is 46.1 Å². The summed E-state index contributed by atoms with van der Waals surface area (Å²) in [5, 5.41) is 19.7. The maximum atomic E-state index is 13.7. The fourth-order valence-corrected chi connectivity index (χ4v) is 4.77. The van der Waals surface area contributed by atoms with E-state index < -0.39 is 11.9 Å². The molecule has 11 nitrogen and oxygen atoms in total. The lowest BCUT2D eigenvalue weighted by Crippen LogP contribution is -2.42. The molecule has 1 atom stereocenters. The molecule has 41 heavy (non-hydrogen) atoms. The molecule has 12 heteroatoms. The van der Waals surface area contributed by atoms with E-state index in [1.165, 1.54) is 9.58 Å². The number of benzene rings is 3. The van der Waals surface area contributed by atoms with Gasteiger partial charge in [0.25, 0.3) is 11.6 Å². The van der Waals surface area contributed by atoms with Gasteiger partial charge in [-0.25, -0.2) is 4.99 Å². The van der Waals surface area contributed by atoms with Crippen molar-refractivity contribution in [3.8, 4) is 5.75 Å². The fourth-order valence-electron chi connectivity index (χ4n) is 4.38. The molecule has 4 aromatic rings. The van der Waals surface area contributed by atoms with E-state index in [0.717, 1.165) is 0 Å². The smallest absolute Gasteiger partial charge is 0.325 e. The number of para-hydroxylation sites is 1. The highest BCUT2D eigenvalue weighted by molar-refractivity contribution is 7.80. The number of carbonyl (C=O) groups excluding carboxylic acids is 2. The van der Waals surface area contributed by atoms with Crippen LogP contribution < -0.4 is 24.7 Å². The SMILES string of the molecule is COc1ccc(NC(=O)CC2C(=O)N(c3ccccc3)C(=S)N2Cc2c(/N=C(\[O-])c3ccccc3)on[n+]2C)cc1. The largest absolute Gasteiger partial charge is 0.858 e. The summed E-state index contributed by atoms with van der Waals surface area (Å²) in [7, 11) is 3.19. The summed E-state index contributed by atoms with van der Waals surface area (Å²) in [5.74, 6) is -0.613. The van der Waals surface area contributed by atoms with E-state index in [-0.39, 0.29) is 35.8 Å². The molecule has 1 fully saturated rings. The van der Waals surface area contributed by atoms with E-state index in [4.69, 9.17) is 21.5 Å². The predicted octanol–water partition coefficient (Wildman–Crippen LogP) is 2.48. The molecule has 0 aliphatic carbocycles. The normalized spacial score (nSPS) is 15.4. The first-order chi connectivity index (χ1) is 19.9. The zero-order chi connectivity index (χ0) is 28.9. The number of amides is 2. The second-order valence-electron chi connectivity index (χ2n) is 9.15. The Bertz CT molecular complexity index is 1590. The minimum absolute atomic E-state index is 0.00922. The van der Waals surface area contributed by atoms with Gasteiger partial charge in [0.1, 0.15) is 18.3 Å². The second-order valence-corrected chi connectivity index (χ2v) is 9.51. The number of rotatable bonds is 9. The standard InChI is InChI=1S/C29H26N6O5S/c1-33-24(27(40-32-33)31-26(37)19-9-5-3-6-10-19)18-34-23(17-25(36)30-20-13-15-22(39-2)16-14-20)28(38)35(29(34)41)21-11-7-4-8-12-21/h3-16,23H,17-18H2,1-2H3,(H-,30,31,32,36,37). The summed E-state index contributed by atoms with van der Waals surface area (Å²) in [6, 6.07) is 23.4. The van der Waals surface area contributed by atoms with Gasteiger partial charge in [-0.1, -0.05) is 48.5 Å². The van der Waals surface area contributed by atoms with Crippen molar-refractivity contribution < 1.29 is 28.6 Å². The van der Waals surface area contributed by atoms with Crippen molar-refractivity contribution >= 4 is 52.3 Å². The number of nitrogens with one attached hydrogen (secondary N) is 1. The number of methoxy groups -OCH3 is 1. The van der Waals surface area contributed by atoms with Gasteiger partial charge < -0.3 is 20.1 Å². The Labute approximate surface area is 241 Å². The number of anilines is 2. The third-order valence-electron chi connectivity index (χ3n) is 6.52. The summed E-state index contributed by atoms with van der Waals surface area (Å²) in [5.41, 5.74) is 1.92. The minimum atomic E-state index is -0.937. The van der Waals surface area contributed by atoms with Gasteiger partial charge in [0.15, 0.2) is 12.2 Å². The molecule has 5 rings (SSSR count). The molecular formula is C29H26N6O5S. The zero-order valence-electron chi connectivity index (χ0n) is 22.3.